The molecule has 2 N–H and O–H groups in total. The highest BCUT2D eigenvalue weighted by atomic mass is 32.2. The van der Waals surface area contributed by atoms with E-state index >= 15 is 0 Å². The van der Waals surface area contributed by atoms with E-state index in [1.165, 1.54) is 6.08 Å². The third-order valence-corrected chi connectivity index (χ3v) is 3.12. The minimum atomic E-state index is -0.878. The Hall–Kier alpha value is -1.33. The lowest BCUT2D eigenvalue weighted by atomic mass is 10.1. The highest BCUT2D eigenvalue weighted by molar-refractivity contribution is 7.98. The molecular weight excluding hydrogens is 248 g/mol. The van der Waals surface area contributed by atoms with Crippen LogP contribution in [-0.4, -0.2) is 40.2 Å². The lowest BCUT2D eigenvalue weighted by Gasteiger charge is -2.21. The van der Waals surface area contributed by atoms with Gasteiger partial charge in [0.2, 0.25) is 5.91 Å². The van der Waals surface area contributed by atoms with Crippen LogP contribution in [-0.2, 0) is 4.79 Å². The molecular formula is C13H18N2O2S. The normalized spacial score (nSPS) is 14.4. The molecule has 0 bridgehead atoms. The first kappa shape index (κ1) is 14.7. The Morgan fingerprint density at radius 2 is 2.44 bits per heavy atom. The van der Waals surface area contributed by atoms with E-state index in [4.69, 9.17) is 0 Å². The van der Waals surface area contributed by atoms with Crippen LogP contribution in [0.3, 0.4) is 0 Å². The molecule has 1 rings (SSSR count). The number of hydrogen-bond donors (Lipinski definition) is 2. The molecule has 1 atom stereocenters. The first-order valence-electron chi connectivity index (χ1n) is 5.61. The number of nitrogens with one attached hydrogen (secondary N) is 1. The maximum Gasteiger partial charge on any atom is 0.244 e. The van der Waals surface area contributed by atoms with Crippen molar-refractivity contribution in [2.45, 2.75) is 12.5 Å². The van der Waals surface area contributed by atoms with Crippen LogP contribution in [0, 0.1) is 0 Å². The molecule has 0 radical (unpaired) electrons. The fourth-order valence-electron chi connectivity index (χ4n) is 1.34. The maximum absolute atomic E-state index is 11.5. The number of hydrogen-bond acceptors (Lipinski definition) is 4. The highest BCUT2D eigenvalue weighted by Crippen LogP contribution is 2.08. The number of aliphatic hydroxyl groups is 1. The van der Waals surface area contributed by atoms with Crippen molar-refractivity contribution in [2.24, 2.45) is 0 Å². The van der Waals surface area contributed by atoms with Gasteiger partial charge in [-0.2, -0.15) is 11.8 Å². The molecule has 18 heavy (non-hydrogen) atoms. The smallest absolute Gasteiger partial charge is 0.244 e. The van der Waals surface area contributed by atoms with Crippen LogP contribution in [0.1, 0.15) is 12.5 Å². The average Bonchev–Trinajstić information content (AvgIpc) is 2.35. The van der Waals surface area contributed by atoms with E-state index < -0.39 is 5.60 Å². The Morgan fingerprint density at radius 1 is 1.67 bits per heavy atom. The minimum Gasteiger partial charge on any atom is -0.387 e. The summed E-state index contributed by atoms with van der Waals surface area (Å²) in [5.74, 6) is 0.361. The summed E-state index contributed by atoms with van der Waals surface area (Å²) in [6.45, 7) is 1.94. The van der Waals surface area contributed by atoms with E-state index in [9.17, 15) is 9.90 Å². The van der Waals surface area contributed by atoms with Crippen LogP contribution in [0.15, 0.2) is 30.6 Å². The average molecular weight is 266 g/mol. The standard InChI is InChI=1S/C13H18N2O2S/c1-13(17,10-18-2)9-15-12(16)6-5-11-4-3-7-14-8-11/h3-8,17H,9-10H2,1-2H3,(H,15,16)/b6-5+. The maximum atomic E-state index is 11.5. The molecule has 0 aliphatic heterocycles. The number of carbonyl (C=O) groups excluding carboxylic acids is 1. The number of thioether (sulfide) groups is 1. The second-order valence-corrected chi connectivity index (χ2v) is 5.13. The van der Waals surface area contributed by atoms with E-state index in [1.54, 1.807) is 43.2 Å². The number of carbonyl (C=O) groups is 1. The van der Waals surface area contributed by atoms with Crippen molar-refractivity contribution < 1.29 is 9.90 Å². The van der Waals surface area contributed by atoms with Crippen molar-refractivity contribution in [1.29, 1.82) is 0 Å². The predicted octanol–water partition coefficient (Wildman–Crippen LogP) is 1.32. The van der Waals surface area contributed by atoms with E-state index in [0.29, 0.717) is 5.75 Å². The van der Waals surface area contributed by atoms with Crippen LogP contribution in [0.4, 0.5) is 0 Å². The Kier molecular flexibility index (Phi) is 5.88. The third kappa shape index (κ3) is 5.84. The summed E-state index contributed by atoms with van der Waals surface area (Å²) < 4.78 is 0. The summed E-state index contributed by atoms with van der Waals surface area (Å²) >= 11 is 1.54. The van der Waals surface area contributed by atoms with Crippen LogP contribution in [0.25, 0.3) is 6.08 Å². The number of amides is 1. The van der Waals surface area contributed by atoms with Crippen molar-refractivity contribution in [3.8, 4) is 0 Å². The van der Waals surface area contributed by atoms with Gasteiger partial charge in [-0.3, -0.25) is 9.78 Å². The lowest BCUT2D eigenvalue weighted by molar-refractivity contribution is -0.117. The molecule has 0 saturated carbocycles. The Balaban J connectivity index is 2.41. The van der Waals surface area contributed by atoms with E-state index in [2.05, 4.69) is 10.3 Å². The Labute approximate surface area is 112 Å². The van der Waals surface area contributed by atoms with E-state index in [1.807, 2.05) is 12.3 Å². The largest absolute Gasteiger partial charge is 0.387 e. The molecule has 0 fully saturated rings. The number of nitrogens with zero attached hydrogens (tertiary/aromatic N) is 1. The summed E-state index contributed by atoms with van der Waals surface area (Å²) in [6, 6.07) is 3.67. The first-order valence-corrected chi connectivity index (χ1v) is 7.00. The van der Waals surface area contributed by atoms with Gasteiger partial charge in [-0.25, -0.2) is 0 Å². The molecule has 1 unspecified atom stereocenters. The topological polar surface area (TPSA) is 62.2 Å². The van der Waals surface area contributed by atoms with Crippen molar-refractivity contribution in [1.82, 2.24) is 10.3 Å². The van der Waals surface area contributed by atoms with Gasteiger partial charge in [0.15, 0.2) is 0 Å². The molecule has 5 heteroatoms. The second kappa shape index (κ2) is 7.18. The molecule has 1 aromatic heterocycles. The molecule has 0 aliphatic carbocycles. The third-order valence-electron chi connectivity index (χ3n) is 2.21. The summed E-state index contributed by atoms with van der Waals surface area (Å²) in [4.78, 5) is 15.5. The lowest BCUT2D eigenvalue weighted by Crippen LogP contribution is -2.41. The zero-order chi connectivity index (χ0) is 13.4. The van der Waals surface area contributed by atoms with E-state index in [0.717, 1.165) is 5.56 Å². The predicted molar refractivity (Wildman–Crippen MR) is 75.3 cm³/mol. The van der Waals surface area contributed by atoms with Crippen LogP contribution in [0.2, 0.25) is 0 Å². The van der Waals surface area contributed by atoms with Crippen LogP contribution >= 0.6 is 11.8 Å². The highest BCUT2D eigenvalue weighted by Gasteiger charge is 2.19. The number of aromatic nitrogens is 1. The molecule has 1 amide bonds. The Bertz CT molecular complexity index is 405. The second-order valence-electron chi connectivity index (χ2n) is 4.27. The van der Waals surface area contributed by atoms with Gasteiger partial charge in [0.05, 0.1) is 5.60 Å². The first-order chi connectivity index (χ1) is 8.53. The quantitative estimate of drug-likeness (QED) is 0.762. The SMILES string of the molecule is CSCC(C)(O)CNC(=O)/C=C/c1cccnc1. The van der Waals surface area contributed by atoms with Crippen molar-refractivity contribution in [3.63, 3.8) is 0 Å². The van der Waals surface area contributed by atoms with Gasteiger partial charge in [-0.15, -0.1) is 0 Å². The summed E-state index contributed by atoms with van der Waals surface area (Å²) in [6.07, 6.45) is 8.39. The molecule has 1 aromatic rings. The molecule has 0 aliphatic rings. The zero-order valence-corrected chi connectivity index (χ0v) is 11.4. The van der Waals surface area contributed by atoms with Gasteiger partial charge < -0.3 is 10.4 Å². The van der Waals surface area contributed by atoms with Crippen molar-refractivity contribution >= 4 is 23.7 Å². The van der Waals surface area contributed by atoms with Gasteiger partial charge in [0, 0.05) is 30.8 Å². The zero-order valence-electron chi connectivity index (χ0n) is 10.6. The number of rotatable bonds is 6. The van der Waals surface area contributed by atoms with Gasteiger partial charge in [0.25, 0.3) is 0 Å². The summed E-state index contributed by atoms with van der Waals surface area (Å²) in [5, 5.41) is 12.5. The fourth-order valence-corrected chi connectivity index (χ4v) is 2.07. The molecule has 1 heterocycles. The molecule has 0 aromatic carbocycles. The Morgan fingerprint density at radius 3 is 3.06 bits per heavy atom. The minimum absolute atomic E-state index is 0.222. The van der Waals surface area contributed by atoms with Gasteiger partial charge >= 0.3 is 0 Å². The summed E-state index contributed by atoms with van der Waals surface area (Å²) in [5.41, 5.74) is -0.0134. The monoisotopic (exact) mass is 266 g/mol. The molecule has 98 valence electrons. The van der Waals surface area contributed by atoms with Gasteiger partial charge in [0.1, 0.15) is 0 Å². The number of pyridine rings is 1. The summed E-state index contributed by atoms with van der Waals surface area (Å²) in [7, 11) is 0. The van der Waals surface area contributed by atoms with Gasteiger partial charge in [-0.05, 0) is 30.9 Å². The molecule has 0 spiro atoms. The molecule has 0 saturated heterocycles. The molecule has 4 nitrogen and oxygen atoms in total. The van der Waals surface area contributed by atoms with E-state index in [-0.39, 0.29) is 12.5 Å². The fraction of sp³-hybridized carbons (Fsp3) is 0.385. The van der Waals surface area contributed by atoms with Gasteiger partial charge in [-0.1, -0.05) is 6.07 Å². The van der Waals surface area contributed by atoms with Crippen LogP contribution < -0.4 is 5.32 Å². The van der Waals surface area contributed by atoms with Crippen LogP contribution in [0.5, 0.6) is 0 Å². The van der Waals surface area contributed by atoms with Crippen molar-refractivity contribution in [2.75, 3.05) is 18.6 Å². The van der Waals surface area contributed by atoms with Crippen molar-refractivity contribution in [3.05, 3.63) is 36.2 Å².